The van der Waals surface area contributed by atoms with E-state index in [0.717, 1.165) is 12.8 Å². The summed E-state index contributed by atoms with van der Waals surface area (Å²) in [4.78, 5) is 0. The molecule has 0 saturated carbocycles. The Balaban J connectivity index is 2.99. The smallest absolute Gasteiger partial charge is 0.379 e. The minimum Gasteiger partial charge on any atom is -0.379 e. The lowest BCUT2D eigenvalue weighted by Gasteiger charge is -2.08. The van der Waals surface area contributed by atoms with E-state index in [1.54, 1.807) is 0 Å². The van der Waals surface area contributed by atoms with Crippen LogP contribution in [0.4, 0.5) is 13.2 Å². The maximum atomic E-state index is 11.6. The van der Waals surface area contributed by atoms with Crippen molar-refractivity contribution in [3.8, 4) is 0 Å². The largest absolute Gasteiger partial charge is 0.522 e. The third kappa shape index (κ3) is 15.7. The Morgan fingerprint density at radius 2 is 1.28 bits per heavy atom. The van der Waals surface area contributed by atoms with Gasteiger partial charge < -0.3 is 9.47 Å². The van der Waals surface area contributed by atoms with E-state index in [-0.39, 0.29) is 6.61 Å². The molecule has 110 valence electrons. The summed E-state index contributed by atoms with van der Waals surface area (Å²) in [5, 5.41) is 0. The highest BCUT2D eigenvalue weighted by atomic mass is 19.4. The van der Waals surface area contributed by atoms with Crippen molar-refractivity contribution in [2.45, 2.75) is 45.4 Å². The highest BCUT2D eigenvalue weighted by Crippen LogP contribution is 2.15. The monoisotopic (exact) mass is 272 g/mol. The zero-order valence-electron chi connectivity index (χ0n) is 10.9. The first-order valence-corrected chi connectivity index (χ1v) is 6.42. The highest BCUT2D eigenvalue weighted by Gasteiger charge is 2.28. The van der Waals surface area contributed by atoms with Gasteiger partial charge in [-0.1, -0.05) is 32.6 Å². The van der Waals surface area contributed by atoms with Crippen LogP contribution in [0.2, 0.25) is 0 Å². The summed E-state index contributed by atoms with van der Waals surface area (Å²) in [6, 6.07) is 0. The normalized spacial score (nSPS) is 12.0. The molecule has 0 aliphatic rings. The summed E-state index contributed by atoms with van der Waals surface area (Å²) in [5.41, 5.74) is 0. The molecule has 0 atom stereocenters. The molecule has 0 aromatic carbocycles. The number of halogens is 3. The molecule has 0 aliphatic carbocycles. The SMILES string of the molecule is CCCCCCCOCCOCCOC(F)(F)F. The molecular weight excluding hydrogens is 249 g/mol. The molecule has 0 radical (unpaired) electrons. The van der Waals surface area contributed by atoms with E-state index >= 15 is 0 Å². The highest BCUT2D eigenvalue weighted by molar-refractivity contribution is 4.42. The number of rotatable bonds is 12. The second-order valence-electron chi connectivity index (χ2n) is 3.93. The Labute approximate surface area is 107 Å². The molecule has 0 unspecified atom stereocenters. The molecule has 3 nitrogen and oxygen atoms in total. The minimum absolute atomic E-state index is 0.0701. The number of hydrogen-bond acceptors (Lipinski definition) is 3. The van der Waals surface area contributed by atoms with Crippen molar-refractivity contribution in [2.75, 3.05) is 33.0 Å². The van der Waals surface area contributed by atoms with Crippen LogP contribution >= 0.6 is 0 Å². The van der Waals surface area contributed by atoms with E-state index in [4.69, 9.17) is 9.47 Å². The van der Waals surface area contributed by atoms with Gasteiger partial charge in [-0.3, -0.25) is 4.74 Å². The van der Waals surface area contributed by atoms with Gasteiger partial charge in [0.05, 0.1) is 26.4 Å². The van der Waals surface area contributed by atoms with Gasteiger partial charge in [0.25, 0.3) is 0 Å². The van der Waals surface area contributed by atoms with Gasteiger partial charge in [0.2, 0.25) is 0 Å². The molecule has 0 heterocycles. The zero-order chi connectivity index (χ0) is 13.7. The summed E-state index contributed by atoms with van der Waals surface area (Å²) in [6.07, 6.45) is 1.31. The van der Waals surface area contributed by atoms with E-state index in [9.17, 15) is 13.2 Å². The second kappa shape index (κ2) is 11.7. The van der Waals surface area contributed by atoms with Crippen LogP contribution in [0, 0.1) is 0 Å². The minimum atomic E-state index is -4.57. The Morgan fingerprint density at radius 3 is 1.89 bits per heavy atom. The quantitative estimate of drug-likeness (QED) is 0.509. The molecule has 0 aromatic rings. The first-order chi connectivity index (χ1) is 8.56. The fourth-order valence-electron chi connectivity index (χ4n) is 1.35. The molecule has 6 heteroatoms. The zero-order valence-corrected chi connectivity index (χ0v) is 10.9. The summed E-state index contributed by atoms with van der Waals surface area (Å²) in [7, 11) is 0. The molecule has 0 amide bonds. The van der Waals surface area contributed by atoms with Crippen LogP contribution < -0.4 is 0 Å². The summed E-state index contributed by atoms with van der Waals surface area (Å²) < 4.78 is 48.4. The van der Waals surface area contributed by atoms with Crippen molar-refractivity contribution in [3.63, 3.8) is 0 Å². The third-order valence-electron chi connectivity index (χ3n) is 2.26. The van der Waals surface area contributed by atoms with E-state index in [0.29, 0.717) is 19.8 Å². The van der Waals surface area contributed by atoms with Gasteiger partial charge >= 0.3 is 6.36 Å². The van der Waals surface area contributed by atoms with Gasteiger partial charge in [-0.2, -0.15) is 0 Å². The molecule has 0 rings (SSSR count). The Kier molecular flexibility index (Phi) is 11.5. The summed E-state index contributed by atoms with van der Waals surface area (Å²) in [5.74, 6) is 0. The molecule has 0 N–H and O–H groups in total. The first kappa shape index (κ1) is 17.7. The molecule has 18 heavy (non-hydrogen) atoms. The molecule has 0 aliphatic heterocycles. The second-order valence-corrected chi connectivity index (χ2v) is 3.93. The van der Waals surface area contributed by atoms with Crippen LogP contribution in [0.1, 0.15) is 39.0 Å². The van der Waals surface area contributed by atoms with Gasteiger partial charge in [0, 0.05) is 6.61 Å². The number of alkyl halides is 3. The molecule has 0 spiro atoms. The van der Waals surface area contributed by atoms with E-state index < -0.39 is 13.0 Å². The van der Waals surface area contributed by atoms with Gasteiger partial charge in [0.1, 0.15) is 0 Å². The number of ether oxygens (including phenoxy) is 3. The van der Waals surface area contributed by atoms with Crippen molar-refractivity contribution in [1.82, 2.24) is 0 Å². The number of hydrogen-bond donors (Lipinski definition) is 0. The standard InChI is InChI=1S/C12H23F3O3/c1-2-3-4-5-6-7-16-8-9-17-10-11-18-12(13,14)15/h2-11H2,1H3. The predicted molar refractivity (Wildman–Crippen MR) is 62.4 cm³/mol. The van der Waals surface area contributed by atoms with Crippen LogP contribution in [-0.2, 0) is 14.2 Å². The van der Waals surface area contributed by atoms with Gasteiger partial charge in [0.15, 0.2) is 0 Å². The fourth-order valence-corrected chi connectivity index (χ4v) is 1.35. The van der Waals surface area contributed by atoms with Crippen molar-refractivity contribution in [1.29, 1.82) is 0 Å². The van der Waals surface area contributed by atoms with Crippen molar-refractivity contribution in [3.05, 3.63) is 0 Å². The van der Waals surface area contributed by atoms with Crippen LogP contribution in [-0.4, -0.2) is 39.4 Å². The predicted octanol–water partition coefficient (Wildman–Crippen LogP) is 3.53. The molecule has 0 saturated heterocycles. The molecular formula is C12H23F3O3. The lowest BCUT2D eigenvalue weighted by Crippen LogP contribution is -2.18. The van der Waals surface area contributed by atoms with Crippen molar-refractivity contribution >= 4 is 0 Å². The maximum Gasteiger partial charge on any atom is 0.522 e. The van der Waals surface area contributed by atoms with Gasteiger partial charge in [-0.05, 0) is 6.42 Å². The Bertz CT molecular complexity index is 174. The van der Waals surface area contributed by atoms with E-state index in [2.05, 4.69) is 11.7 Å². The maximum absolute atomic E-state index is 11.6. The lowest BCUT2D eigenvalue weighted by atomic mass is 10.2. The van der Waals surface area contributed by atoms with Crippen LogP contribution in [0.5, 0.6) is 0 Å². The number of unbranched alkanes of at least 4 members (excludes halogenated alkanes) is 4. The van der Waals surface area contributed by atoms with Crippen molar-refractivity contribution in [2.24, 2.45) is 0 Å². The Hall–Kier alpha value is -0.330. The lowest BCUT2D eigenvalue weighted by molar-refractivity contribution is -0.327. The van der Waals surface area contributed by atoms with Crippen LogP contribution in [0.15, 0.2) is 0 Å². The molecule has 0 fully saturated rings. The van der Waals surface area contributed by atoms with Gasteiger partial charge in [-0.15, -0.1) is 13.2 Å². The summed E-state index contributed by atoms with van der Waals surface area (Å²) >= 11 is 0. The Morgan fingerprint density at radius 1 is 0.722 bits per heavy atom. The molecule has 0 bridgehead atoms. The first-order valence-electron chi connectivity index (χ1n) is 6.42. The van der Waals surface area contributed by atoms with Crippen LogP contribution in [0.3, 0.4) is 0 Å². The molecule has 0 aromatic heterocycles. The summed E-state index contributed by atoms with van der Waals surface area (Å²) in [6.45, 7) is 3.03. The van der Waals surface area contributed by atoms with E-state index in [1.165, 1.54) is 19.3 Å². The topological polar surface area (TPSA) is 27.7 Å². The average molecular weight is 272 g/mol. The van der Waals surface area contributed by atoms with Gasteiger partial charge in [-0.25, -0.2) is 0 Å². The van der Waals surface area contributed by atoms with Crippen molar-refractivity contribution < 1.29 is 27.4 Å². The van der Waals surface area contributed by atoms with E-state index in [1.807, 2.05) is 0 Å². The average Bonchev–Trinajstić information content (AvgIpc) is 2.29. The third-order valence-corrected chi connectivity index (χ3v) is 2.26. The van der Waals surface area contributed by atoms with Crippen LogP contribution in [0.25, 0.3) is 0 Å². The fraction of sp³-hybridized carbons (Fsp3) is 1.00.